The summed E-state index contributed by atoms with van der Waals surface area (Å²) in [5.41, 5.74) is 2.44. The van der Waals surface area contributed by atoms with Crippen LogP contribution in [0.2, 0.25) is 5.02 Å². The lowest BCUT2D eigenvalue weighted by molar-refractivity contribution is -0.120. The van der Waals surface area contributed by atoms with Crippen molar-refractivity contribution < 1.29 is 9.59 Å². The molecule has 24 heavy (non-hydrogen) atoms. The minimum Gasteiger partial charge on any atom is -0.348 e. The molecule has 0 fully saturated rings. The Labute approximate surface area is 147 Å². The van der Waals surface area contributed by atoms with E-state index in [1.165, 1.54) is 0 Å². The van der Waals surface area contributed by atoms with Crippen LogP contribution < -0.4 is 10.6 Å². The molecule has 0 spiro atoms. The lowest BCUT2D eigenvalue weighted by Gasteiger charge is -2.18. The maximum atomic E-state index is 12.1. The number of nitrogens with one attached hydrogen (secondary N) is 2. The Morgan fingerprint density at radius 1 is 1.08 bits per heavy atom. The Balaban J connectivity index is 1.91. The minimum absolute atomic E-state index is 0.0583. The number of aryl methyl sites for hydroxylation is 1. The van der Waals surface area contributed by atoms with Crippen LogP contribution in [0, 0.1) is 6.92 Å². The number of hydrogen-bond donors (Lipinski definition) is 2. The van der Waals surface area contributed by atoms with Crippen LogP contribution >= 0.6 is 11.6 Å². The van der Waals surface area contributed by atoms with Crippen LogP contribution in [0.3, 0.4) is 0 Å². The van der Waals surface area contributed by atoms with Crippen LogP contribution in [0.1, 0.15) is 40.9 Å². The zero-order valence-corrected chi connectivity index (χ0v) is 14.6. The summed E-state index contributed by atoms with van der Waals surface area (Å²) in [5, 5.41) is 6.24. The molecule has 2 aromatic rings. The summed E-state index contributed by atoms with van der Waals surface area (Å²) in [6.07, 6.45) is 0.749. The first-order valence-electron chi connectivity index (χ1n) is 7.90. The van der Waals surface area contributed by atoms with E-state index in [9.17, 15) is 9.59 Å². The third kappa shape index (κ3) is 4.83. The van der Waals surface area contributed by atoms with Crippen molar-refractivity contribution in [3.8, 4) is 0 Å². The highest BCUT2D eigenvalue weighted by molar-refractivity contribution is 6.30. The molecule has 2 N–H and O–H groups in total. The zero-order chi connectivity index (χ0) is 17.5. The molecule has 0 aliphatic rings. The molecule has 0 bridgehead atoms. The van der Waals surface area contributed by atoms with Crippen molar-refractivity contribution in [2.24, 2.45) is 0 Å². The van der Waals surface area contributed by atoms with E-state index in [-0.39, 0.29) is 24.4 Å². The smallest absolute Gasteiger partial charge is 0.251 e. The van der Waals surface area contributed by atoms with E-state index in [0.29, 0.717) is 10.6 Å². The molecule has 0 radical (unpaired) electrons. The minimum atomic E-state index is -0.247. The van der Waals surface area contributed by atoms with E-state index in [4.69, 9.17) is 11.6 Å². The molecule has 2 rings (SSSR count). The summed E-state index contributed by atoms with van der Waals surface area (Å²) in [6.45, 7) is 3.80. The predicted molar refractivity (Wildman–Crippen MR) is 96.1 cm³/mol. The van der Waals surface area contributed by atoms with Crippen molar-refractivity contribution in [1.29, 1.82) is 0 Å². The number of halogens is 1. The lowest BCUT2D eigenvalue weighted by atomic mass is 10.0. The monoisotopic (exact) mass is 344 g/mol. The fourth-order valence-corrected chi connectivity index (χ4v) is 2.57. The molecule has 1 atom stereocenters. The quantitative estimate of drug-likeness (QED) is 0.840. The number of benzene rings is 2. The second kappa shape index (κ2) is 8.50. The molecule has 0 aliphatic heterocycles. The van der Waals surface area contributed by atoms with Gasteiger partial charge in [0.25, 0.3) is 5.91 Å². The van der Waals surface area contributed by atoms with E-state index >= 15 is 0 Å². The highest BCUT2D eigenvalue weighted by atomic mass is 35.5. The molecule has 2 amide bonds. The van der Waals surface area contributed by atoms with Crippen LogP contribution in [-0.4, -0.2) is 18.4 Å². The molecule has 2 aromatic carbocycles. The lowest BCUT2D eigenvalue weighted by Crippen LogP contribution is -2.38. The van der Waals surface area contributed by atoms with Gasteiger partial charge in [-0.25, -0.2) is 0 Å². The predicted octanol–water partition coefficient (Wildman–Crippen LogP) is 3.65. The van der Waals surface area contributed by atoms with Crippen LogP contribution in [0.5, 0.6) is 0 Å². The number of amides is 2. The summed E-state index contributed by atoms with van der Waals surface area (Å²) < 4.78 is 0. The number of rotatable bonds is 6. The van der Waals surface area contributed by atoms with Gasteiger partial charge in [0.05, 0.1) is 12.6 Å². The average molecular weight is 345 g/mol. The summed E-state index contributed by atoms with van der Waals surface area (Å²) in [4.78, 5) is 24.2. The molecule has 5 heteroatoms. The highest BCUT2D eigenvalue weighted by Crippen LogP contribution is 2.19. The second-order valence-electron chi connectivity index (χ2n) is 5.58. The van der Waals surface area contributed by atoms with Gasteiger partial charge in [0.2, 0.25) is 5.91 Å². The van der Waals surface area contributed by atoms with Gasteiger partial charge in [0, 0.05) is 10.6 Å². The number of carbonyl (C=O) groups excluding carboxylic acids is 2. The molecule has 126 valence electrons. The molecule has 4 nitrogen and oxygen atoms in total. The summed E-state index contributed by atoms with van der Waals surface area (Å²) in [6, 6.07) is 14.5. The van der Waals surface area contributed by atoms with E-state index in [2.05, 4.69) is 10.6 Å². The maximum absolute atomic E-state index is 12.1. The number of carbonyl (C=O) groups is 2. The standard InChI is InChI=1S/C19H21ClN2O2/c1-3-17(14-8-10-15(20)11-9-14)22-18(23)12-21-19(24)16-7-5-4-6-13(16)2/h4-11,17H,3,12H2,1-2H3,(H,21,24)(H,22,23). The van der Waals surface area contributed by atoms with Crippen molar-refractivity contribution in [3.63, 3.8) is 0 Å². The van der Waals surface area contributed by atoms with Crippen LogP contribution in [0.4, 0.5) is 0 Å². The van der Waals surface area contributed by atoms with E-state index in [1.54, 1.807) is 24.3 Å². The van der Waals surface area contributed by atoms with Crippen LogP contribution in [-0.2, 0) is 4.79 Å². The largest absolute Gasteiger partial charge is 0.348 e. The highest BCUT2D eigenvalue weighted by Gasteiger charge is 2.14. The normalized spacial score (nSPS) is 11.6. The van der Waals surface area contributed by atoms with Crippen molar-refractivity contribution >= 4 is 23.4 Å². The van der Waals surface area contributed by atoms with Crippen molar-refractivity contribution in [2.75, 3.05) is 6.54 Å². The van der Waals surface area contributed by atoms with E-state index in [0.717, 1.165) is 17.5 Å². The summed E-state index contributed by atoms with van der Waals surface area (Å²) in [7, 11) is 0. The summed E-state index contributed by atoms with van der Waals surface area (Å²) in [5.74, 6) is -0.471. The zero-order valence-electron chi connectivity index (χ0n) is 13.8. The van der Waals surface area contributed by atoms with Gasteiger partial charge in [-0.05, 0) is 42.7 Å². The van der Waals surface area contributed by atoms with Gasteiger partial charge >= 0.3 is 0 Å². The average Bonchev–Trinajstić information content (AvgIpc) is 2.59. The van der Waals surface area contributed by atoms with Gasteiger partial charge in [-0.15, -0.1) is 0 Å². The van der Waals surface area contributed by atoms with Gasteiger partial charge in [-0.2, -0.15) is 0 Å². The first-order valence-corrected chi connectivity index (χ1v) is 8.27. The third-order valence-electron chi connectivity index (χ3n) is 3.82. The van der Waals surface area contributed by atoms with E-state index < -0.39 is 0 Å². The SMILES string of the molecule is CCC(NC(=O)CNC(=O)c1ccccc1C)c1ccc(Cl)cc1. The molecular weight excluding hydrogens is 324 g/mol. The third-order valence-corrected chi connectivity index (χ3v) is 4.07. The fraction of sp³-hybridized carbons (Fsp3) is 0.263. The molecule has 0 saturated heterocycles. The summed E-state index contributed by atoms with van der Waals surface area (Å²) >= 11 is 5.89. The Hall–Kier alpha value is -2.33. The Kier molecular flexibility index (Phi) is 6.38. The van der Waals surface area contributed by atoms with Crippen molar-refractivity contribution in [2.45, 2.75) is 26.3 Å². The van der Waals surface area contributed by atoms with Gasteiger partial charge < -0.3 is 10.6 Å². The van der Waals surface area contributed by atoms with Crippen LogP contribution in [0.15, 0.2) is 48.5 Å². The maximum Gasteiger partial charge on any atom is 0.251 e. The molecule has 1 unspecified atom stereocenters. The molecular formula is C19H21ClN2O2. The van der Waals surface area contributed by atoms with Crippen molar-refractivity contribution in [1.82, 2.24) is 10.6 Å². The topological polar surface area (TPSA) is 58.2 Å². The van der Waals surface area contributed by atoms with Crippen LogP contribution in [0.25, 0.3) is 0 Å². The van der Waals surface area contributed by atoms with Crippen molar-refractivity contribution in [3.05, 3.63) is 70.2 Å². The van der Waals surface area contributed by atoms with E-state index in [1.807, 2.05) is 38.1 Å². The Bertz CT molecular complexity index is 714. The van der Waals surface area contributed by atoms with Gasteiger partial charge in [0.1, 0.15) is 0 Å². The molecule has 0 aliphatic carbocycles. The molecule has 0 heterocycles. The number of hydrogen-bond acceptors (Lipinski definition) is 2. The van der Waals surface area contributed by atoms with Gasteiger partial charge in [-0.1, -0.05) is 48.9 Å². The Morgan fingerprint density at radius 3 is 2.38 bits per heavy atom. The molecule has 0 aromatic heterocycles. The van der Waals surface area contributed by atoms with Gasteiger partial charge in [0.15, 0.2) is 0 Å². The second-order valence-corrected chi connectivity index (χ2v) is 6.01. The van der Waals surface area contributed by atoms with Gasteiger partial charge in [-0.3, -0.25) is 9.59 Å². The Morgan fingerprint density at radius 2 is 1.75 bits per heavy atom. The molecule has 0 saturated carbocycles. The fourth-order valence-electron chi connectivity index (χ4n) is 2.44. The first-order chi connectivity index (χ1) is 11.5. The first kappa shape index (κ1) is 18.0.